The Balaban J connectivity index is 1.69. The van der Waals surface area contributed by atoms with Crippen molar-refractivity contribution >= 4 is 6.03 Å². The van der Waals surface area contributed by atoms with Crippen LogP contribution >= 0.6 is 0 Å². The van der Waals surface area contributed by atoms with Gasteiger partial charge in [-0.25, -0.2) is 4.79 Å². The summed E-state index contributed by atoms with van der Waals surface area (Å²) >= 11 is 0. The molecule has 0 spiro atoms. The molecule has 0 aliphatic carbocycles. The van der Waals surface area contributed by atoms with Gasteiger partial charge in [-0.3, -0.25) is 0 Å². The highest BCUT2D eigenvalue weighted by Crippen LogP contribution is 2.05. The van der Waals surface area contributed by atoms with Crippen molar-refractivity contribution in [2.24, 2.45) is 5.92 Å². The fourth-order valence-corrected chi connectivity index (χ4v) is 2.17. The van der Waals surface area contributed by atoms with Crippen molar-refractivity contribution in [2.45, 2.75) is 13.5 Å². The van der Waals surface area contributed by atoms with E-state index in [0.29, 0.717) is 25.6 Å². The van der Waals surface area contributed by atoms with Crippen LogP contribution < -0.4 is 16.0 Å². The van der Waals surface area contributed by atoms with E-state index in [4.69, 9.17) is 4.74 Å². The number of urea groups is 1. The van der Waals surface area contributed by atoms with Gasteiger partial charge in [-0.1, -0.05) is 24.3 Å². The fourth-order valence-electron chi connectivity index (χ4n) is 2.17. The molecule has 1 saturated heterocycles. The lowest BCUT2D eigenvalue weighted by Gasteiger charge is -2.15. The van der Waals surface area contributed by atoms with Crippen LogP contribution in [0.25, 0.3) is 0 Å². The molecule has 0 aromatic heterocycles. The summed E-state index contributed by atoms with van der Waals surface area (Å²) in [4.78, 5) is 11.8. The Bertz CT molecular complexity index is 429. The summed E-state index contributed by atoms with van der Waals surface area (Å²) in [7, 11) is 0. The van der Waals surface area contributed by atoms with Crippen LogP contribution in [0.5, 0.6) is 0 Å². The smallest absolute Gasteiger partial charge is 0.315 e. The molecule has 2 amide bonds. The van der Waals surface area contributed by atoms with Gasteiger partial charge in [-0.2, -0.15) is 0 Å². The molecule has 5 heteroatoms. The second-order valence-corrected chi connectivity index (χ2v) is 5.14. The van der Waals surface area contributed by atoms with E-state index in [2.05, 4.69) is 16.0 Å². The third-order valence-corrected chi connectivity index (χ3v) is 3.46. The van der Waals surface area contributed by atoms with Gasteiger partial charge < -0.3 is 20.7 Å². The van der Waals surface area contributed by atoms with E-state index >= 15 is 0 Å². The molecule has 0 saturated carbocycles. The predicted octanol–water partition coefficient (Wildman–Crippen LogP) is 1.03. The zero-order valence-electron chi connectivity index (χ0n) is 11.9. The van der Waals surface area contributed by atoms with E-state index in [1.54, 1.807) is 0 Å². The van der Waals surface area contributed by atoms with Crippen LogP contribution in [0.3, 0.4) is 0 Å². The number of hydrogen-bond donors (Lipinski definition) is 3. The molecule has 110 valence electrons. The Morgan fingerprint density at radius 2 is 2.25 bits per heavy atom. The van der Waals surface area contributed by atoms with Crippen molar-refractivity contribution in [1.82, 2.24) is 16.0 Å². The van der Waals surface area contributed by atoms with Crippen LogP contribution in [0.1, 0.15) is 11.1 Å². The number of carbonyl (C=O) groups is 1. The van der Waals surface area contributed by atoms with Gasteiger partial charge in [-0.15, -0.1) is 0 Å². The first kappa shape index (κ1) is 14.8. The summed E-state index contributed by atoms with van der Waals surface area (Å²) in [5.41, 5.74) is 2.33. The van der Waals surface area contributed by atoms with Crippen LogP contribution in [0.15, 0.2) is 24.3 Å². The lowest BCUT2D eigenvalue weighted by molar-refractivity contribution is 0.123. The van der Waals surface area contributed by atoms with Crippen LogP contribution in [0.2, 0.25) is 0 Å². The molecule has 1 heterocycles. The lowest BCUT2D eigenvalue weighted by Crippen LogP contribution is -2.40. The lowest BCUT2D eigenvalue weighted by atomic mass is 10.1. The molecule has 3 N–H and O–H groups in total. The van der Waals surface area contributed by atoms with Crippen molar-refractivity contribution in [1.29, 1.82) is 0 Å². The molecule has 1 aromatic carbocycles. The average molecular weight is 277 g/mol. The summed E-state index contributed by atoms with van der Waals surface area (Å²) in [6, 6.07) is 7.92. The normalized spacial score (nSPS) is 19.1. The molecule has 0 radical (unpaired) electrons. The van der Waals surface area contributed by atoms with Gasteiger partial charge in [0.15, 0.2) is 0 Å². The maximum Gasteiger partial charge on any atom is 0.315 e. The van der Waals surface area contributed by atoms with Gasteiger partial charge in [0, 0.05) is 32.1 Å². The van der Waals surface area contributed by atoms with Crippen LogP contribution in [-0.2, 0) is 11.3 Å². The predicted molar refractivity (Wildman–Crippen MR) is 78.6 cm³/mol. The third-order valence-electron chi connectivity index (χ3n) is 3.46. The summed E-state index contributed by atoms with van der Waals surface area (Å²) in [5, 5.41) is 9.07. The van der Waals surface area contributed by atoms with Crippen LogP contribution in [0.4, 0.5) is 4.79 Å². The second kappa shape index (κ2) is 7.87. The number of rotatable bonds is 4. The van der Waals surface area contributed by atoms with Gasteiger partial charge in [0.05, 0.1) is 13.2 Å². The third kappa shape index (κ3) is 4.83. The summed E-state index contributed by atoms with van der Waals surface area (Å²) in [6.07, 6.45) is 0. The van der Waals surface area contributed by atoms with E-state index in [-0.39, 0.29) is 6.03 Å². The van der Waals surface area contributed by atoms with E-state index in [9.17, 15) is 4.79 Å². The number of ether oxygens (including phenoxy) is 1. The van der Waals surface area contributed by atoms with E-state index in [1.807, 2.05) is 31.2 Å². The molecule has 5 nitrogen and oxygen atoms in total. The highest BCUT2D eigenvalue weighted by atomic mass is 16.5. The molecule has 1 aliphatic rings. The van der Waals surface area contributed by atoms with Crippen molar-refractivity contribution in [3.8, 4) is 0 Å². The molecule has 1 fully saturated rings. The molecular formula is C15H23N3O2. The molecule has 1 aliphatic heterocycles. The number of amides is 2. The molecular weight excluding hydrogens is 254 g/mol. The first-order valence-electron chi connectivity index (χ1n) is 7.10. The number of nitrogens with one attached hydrogen (secondary N) is 3. The van der Waals surface area contributed by atoms with Gasteiger partial charge in [0.25, 0.3) is 0 Å². The minimum atomic E-state index is -0.127. The minimum absolute atomic E-state index is 0.127. The van der Waals surface area contributed by atoms with Gasteiger partial charge in [0.1, 0.15) is 0 Å². The van der Waals surface area contributed by atoms with Crippen molar-refractivity contribution in [2.75, 3.05) is 32.8 Å². The Kier molecular flexibility index (Phi) is 5.83. The van der Waals surface area contributed by atoms with Crippen LogP contribution in [-0.4, -0.2) is 38.9 Å². The monoisotopic (exact) mass is 277 g/mol. The largest absolute Gasteiger partial charge is 0.380 e. The van der Waals surface area contributed by atoms with Gasteiger partial charge >= 0.3 is 6.03 Å². The topological polar surface area (TPSA) is 62.4 Å². The first-order valence-corrected chi connectivity index (χ1v) is 7.10. The van der Waals surface area contributed by atoms with Crippen molar-refractivity contribution < 1.29 is 9.53 Å². The van der Waals surface area contributed by atoms with Crippen molar-refractivity contribution in [3.05, 3.63) is 35.4 Å². The van der Waals surface area contributed by atoms with E-state index in [1.165, 1.54) is 5.56 Å². The molecule has 1 aromatic rings. The zero-order valence-corrected chi connectivity index (χ0v) is 11.9. The van der Waals surface area contributed by atoms with Crippen molar-refractivity contribution in [3.63, 3.8) is 0 Å². The van der Waals surface area contributed by atoms with Gasteiger partial charge in [0.2, 0.25) is 0 Å². The fraction of sp³-hybridized carbons (Fsp3) is 0.533. The van der Waals surface area contributed by atoms with Gasteiger partial charge in [-0.05, 0) is 18.1 Å². The summed E-state index contributed by atoms with van der Waals surface area (Å²) < 4.78 is 5.45. The molecule has 2 rings (SSSR count). The molecule has 1 atom stereocenters. The second-order valence-electron chi connectivity index (χ2n) is 5.14. The highest BCUT2D eigenvalue weighted by molar-refractivity contribution is 5.73. The number of benzene rings is 1. The molecule has 20 heavy (non-hydrogen) atoms. The van der Waals surface area contributed by atoms with Crippen LogP contribution in [0, 0.1) is 12.8 Å². The van der Waals surface area contributed by atoms with E-state index < -0.39 is 0 Å². The summed E-state index contributed by atoms with van der Waals surface area (Å²) in [5.74, 6) is 0.335. The average Bonchev–Trinajstić information content (AvgIpc) is 2.73. The molecule has 0 bridgehead atoms. The Labute approximate surface area is 120 Å². The Morgan fingerprint density at radius 1 is 1.40 bits per heavy atom. The Hall–Kier alpha value is -1.59. The number of carbonyl (C=O) groups excluding carboxylic acids is 1. The first-order chi connectivity index (χ1) is 9.75. The maximum atomic E-state index is 11.8. The summed E-state index contributed by atoms with van der Waals surface area (Å²) in [6.45, 7) is 6.45. The van der Waals surface area contributed by atoms with E-state index in [0.717, 1.165) is 25.3 Å². The molecule has 0 unspecified atom stereocenters. The zero-order chi connectivity index (χ0) is 14.2. The Morgan fingerprint density at radius 3 is 3.10 bits per heavy atom. The number of hydrogen-bond acceptors (Lipinski definition) is 3. The minimum Gasteiger partial charge on any atom is -0.380 e. The highest BCUT2D eigenvalue weighted by Gasteiger charge is 2.13. The standard InChI is InChI=1S/C15H23N3O2/c1-12-4-2-3-5-14(12)10-18-15(19)17-9-13-8-16-6-7-20-11-13/h2-5,13,16H,6-11H2,1H3,(H2,17,18,19)/t13-/m1/s1. The maximum absolute atomic E-state index is 11.8. The SMILES string of the molecule is Cc1ccccc1CNC(=O)NC[C@H]1CNCCOC1. The quantitative estimate of drug-likeness (QED) is 0.770. The number of aryl methyl sites for hydroxylation is 1.